The second-order valence-electron chi connectivity index (χ2n) is 5.41. The van der Waals surface area contributed by atoms with Crippen molar-refractivity contribution in [2.24, 2.45) is 0 Å². The highest BCUT2D eigenvalue weighted by molar-refractivity contribution is 5.76. The molecule has 2 unspecified atom stereocenters. The van der Waals surface area contributed by atoms with Crippen LogP contribution in [0, 0.1) is 0 Å². The Morgan fingerprint density at radius 2 is 2.25 bits per heavy atom. The summed E-state index contributed by atoms with van der Waals surface area (Å²) in [6, 6.07) is 7.02. The van der Waals surface area contributed by atoms with Crippen molar-refractivity contribution < 1.29 is 14.6 Å². The normalized spacial score (nSPS) is 19.8. The largest absolute Gasteiger partial charge is 0.508 e. The van der Waals surface area contributed by atoms with E-state index in [4.69, 9.17) is 4.74 Å². The first kappa shape index (κ1) is 14.9. The van der Waals surface area contributed by atoms with Crippen LogP contribution in [-0.4, -0.2) is 35.7 Å². The Morgan fingerprint density at radius 3 is 2.90 bits per heavy atom. The van der Waals surface area contributed by atoms with Gasteiger partial charge in [-0.1, -0.05) is 18.2 Å². The SMILES string of the molecule is CC(c1ccccc1O)N(C)C(=O)CCC1CCCO1. The minimum absolute atomic E-state index is 0.0938. The summed E-state index contributed by atoms with van der Waals surface area (Å²) >= 11 is 0. The van der Waals surface area contributed by atoms with Crippen LogP contribution in [-0.2, 0) is 9.53 Å². The van der Waals surface area contributed by atoms with E-state index in [0.29, 0.717) is 6.42 Å². The van der Waals surface area contributed by atoms with Gasteiger partial charge in [-0.15, -0.1) is 0 Å². The molecule has 0 aromatic heterocycles. The number of rotatable bonds is 5. The molecular weight excluding hydrogens is 254 g/mol. The third kappa shape index (κ3) is 3.51. The molecule has 110 valence electrons. The van der Waals surface area contributed by atoms with Gasteiger partial charge in [0.1, 0.15) is 5.75 Å². The number of phenols is 1. The molecule has 1 fully saturated rings. The molecule has 2 atom stereocenters. The summed E-state index contributed by atoms with van der Waals surface area (Å²) in [6.45, 7) is 2.75. The number of hydrogen-bond acceptors (Lipinski definition) is 3. The molecule has 2 rings (SSSR count). The maximum Gasteiger partial charge on any atom is 0.222 e. The molecule has 4 nitrogen and oxygen atoms in total. The molecule has 0 aliphatic carbocycles. The van der Waals surface area contributed by atoms with Crippen LogP contribution in [0.1, 0.15) is 44.2 Å². The molecule has 1 aromatic carbocycles. The summed E-state index contributed by atoms with van der Waals surface area (Å²) < 4.78 is 5.54. The molecule has 1 aliphatic heterocycles. The molecule has 1 N–H and O–H groups in total. The highest BCUT2D eigenvalue weighted by Gasteiger charge is 2.22. The predicted octanol–water partition coefficient (Wildman–Crippen LogP) is 2.87. The number of carbonyl (C=O) groups excluding carboxylic acids is 1. The van der Waals surface area contributed by atoms with Crippen molar-refractivity contribution >= 4 is 5.91 Å². The number of ether oxygens (including phenoxy) is 1. The molecule has 20 heavy (non-hydrogen) atoms. The lowest BCUT2D eigenvalue weighted by Crippen LogP contribution is -2.30. The van der Waals surface area contributed by atoms with Crippen LogP contribution < -0.4 is 0 Å². The minimum atomic E-state index is -0.131. The molecule has 1 heterocycles. The van der Waals surface area contributed by atoms with Crippen LogP contribution in [0.3, 0.4) is 0 Å². The second-order valence-corrected chi connectivity index (χ2v) is 5.41. The second kappa shape index (κ2) is 6.75. The monoisotopic (exact) mass is 277 g/mol. The van der Waals surface area contributed by atoms with Gasteiger partial charge in [0.15, 0.2) is 0 Å². The average molecular weight is 277 g/mol. The number of benzene rings is 1. The topological polar surface area (TPSA) is 49.8 Å². The third-order valence-corrected chi connectivity index (χ3v) is 4.07. The van der Waals surface area contributed by atoms with E-state index < -0.39 is 0 Å². The van der Waals surface area contributed by atoms with E-state index in [0.717, 1.165) is 31.4 Å². The van der Waals surface area contributed by atoms with Crippen molar-refractivity contribution in [2.45, 2.75) is 44.8 Å². The minimum Gasteiger partial charge on any atom is -0.508 e. The fraction of sp³-hybridized carbons (Fsp3) is 0.562. The maximum absolute atomic E-state index is 12.2. The van der Waals surface area contributed by atoms with Crippen molar-refractivity contribution in [1.82, 2.24) is 4.90 Å². The van der Waals surface area contributed by atoms with Crippen molar-refractivity contribution in [2.75, 3.05) is 13.7 Å². The molecule has 0 saturated carbocycles. The zero-order valence-electron chi connectivity index (χ0n) is 12.2. The van der Waals surface area contributed by atoms with Crippen LogP contribution >= 0.6 is 0 Å². The van der Waals surface area contributed by atoms with Crippen LogP contribution in [0.4, 0.5) is 0 Å². The quantitative estimate of drug-likeness (QED) is 0.900. The lowest BCUT2D eigenvalue weighted by Gasteiger charge is -2.26. The molecule has 0 bridgehead atoms. The van der Waals surface area contributed by atoms with Gasteiger partial charge in [0.05, 0.1) is 12.1 Å². The van der Waals surface area contributed by atoms with Gasteiger partial charge in [0, 0.05) is 25.6 Å². The van der Waals surface area contributed by atoms with E-state index >= 15 is 0 Å². The summed E-state index contributed by atoms with van der Waals surface area (Å²) in [7, 11) is 1.79. The zero-order chi connectivity index (χ0) is 14.5. The van der Waals surface area contributed by atoms with Gasteiger partial charge in [0.25, 0.3) is 0 Å². The van der Waals surface area contributed by atoms with E-state index in [1.165, 1.54) is 0 Å². The van der Waals surface area contributed by atoms with E-state index in [9.17, 15) is 9.90 Å². The Morgan fingerprint density at radius 1 is 1.50 bits per heavy atom. The molecule has 0 radical (unpaired) electrons. The summed E-state index contributed by atoms with van der Waals surface area (Å²) in [6.07, 6.45) is 3.69. The summed E-state index contributed by atoms with van der Waals surface area (Å²) in [5, 5.41) is 9.86. The number of carbonyl (C=O) groups is 1. The van der Waals surface area contributed by atoms with E-state index in [1.54, 1.807) is 24.1 Å². The highest BCUT2D eigenvalue weighted by Crippen LogP contribution is 2.28. The Labute approximate surface area is 120 Å². The fourth-order valence-electron chi connectivity index (χ4n) is 2.60. The van der Waals surface area contributed by atoms with Gasteiger partial charge in [-0.3, -0.25) is 4.79 Å². The first-order valence-electron chi connectivity index (χ1n) is 7.24. The summed E-state index contributed by atoms with van der Waals surface area (Å²) in [4.78, 5) is 13.9. The summed E-state index contributed by atoms with van der Waals surface area (Å²) in [5.74, 6) is 0.329. The van der Waals surface area contributed by atoms with Crippen LogP contribution in [0.2, 0.25) is 0 Å². The molecule has 1 aromatic rings. The standard InChI is InChI=1S/C16H23NO3/c1-12(14-7-3-4-8-15(14)18)17(2)16(19)10-9-13-6-5-11-20-13/h3-4,7-8,12-13,18H,5-6,9-11H2,1-2H3. The van der Waals surface area contributed by atoms with Crippen LogP contribution in [0.25, 0.3) is 0 Å². The van der Waals surface area contributed by atoms with E-state index in [1.807, 2.05) is 19.1 Å². The fourth-order valence-corrected chi connectivity index (χ4v) is 2.60. The molecular formula is C16H23NO3. The Bertz CT molecular complexity index is 455. The van der Waals surface area contributed by atoms with Crippen molar-refractivity contribution in [1.29, 1.82) is 0 Å². The van der Waals surface area contributed by atoms with Gasteiger partial charge in [-0.05, 0) is 32.3 Å². The lowest BCUT2D eigenvalue weighted by atomic mass is 10.0. The smallest absolute Gasteiger partial charge is 0.222 e. The molecule has 4 heteroatoms. The molecule has 1 aliphatic rings. The Hall–Kier alpha value is -1.55. The van der Waals surface area contributed by atoms with Crippen molar-refractivity contribution in [3.05, 3.63) is 29.8 Å². The predicted molar refractivity (Wildman–Crippen MR) is 77.5 cm³/mol. The lowest BCUT2D eigenvalue weighted by molar-refractivity contribution is -0.132. The summed E-state index contributed by atoms with van der Waals surface area (Å²) in [5.41, 5.74) is 0.778. The molecule has 0 spiro atoms. The van der Waals surface area contributed by atoms with Gasteiger partial charge in [0.2, 0.25) is 5.91 Å². The van der Waals surface area contributed by atoms with E-state index in [-0.39, 0.29) is 23.8 Å². The van der Waals surface area contributed by atoms with Gasteiger partial charge >= 0.3 is 0 Å². The number of amides is 1. The number of aromatic hydroxyl groups is 1. The third-order valence-electron chi connectivity index (χ3n) is 4.07. The van der Waals surface area contributed by atoms with Gasteiger partial charge in [-0.25, -0.2) is 0 Å². The number of hydrogen-bond donors (Lipinski definition) is 1. The van der Waals surface area contributed by atoms with E-state index in [2.05, 4.69) is 0 Å². The number of para-hydroxylation sites is 1. The molecule has 1 saturated heterocycles. The highest BCUT2D eigenvalue weighted by atomic mass is 16.5. The first-order valence-corrected chi connectivity index (χ1v) is 7.24. The first-order chi connectivity index (χ1) is 9.59. The number of phenolic OH excluding ortho intramolecular Hbond substituents is 1. The Kier molecular flexibility index (Phi) is 5.01. The average Bonchev–Trinajstić information content (AvgIpc) is 2.97. The Balaban J connectivity index is 1.90. The maximum atomic E-state index is 12.2. The van der Waals surface area contributed by atoms with Crippen LogP contribution in [0.15, 0.2) is 24.3 Å². The van der Waals surface area contributed by atoms with Gasteiger partial charge in [-0.2, -0.15) is 0 Å². The van der Waals surface area contributed by atoms with Crippen LogP contribution in [0.5, 0.6) is 5.75 Å². The van der Waals surface area contributed by atoms with Crippen molar-refractivity contribution in [3.8, 4) is 5.75 Å². The zero-order valence-corrected chi connectivity index (χ0v) is 12.2. The number of nitrogens with zero attached hydrogens (tertiary/aromatic N) is 1. The molecule has 1 amide bonds. The van der Waals surface area contributed by atoms with Crippen molar-refractivity contribution in [3.63, 3.8) is 0 Å². The van der Waals surface area contributed by atoms with Gasteiger partial charge < -0.3 is 14.7 Å².